The molecule has 0 aliphatic carbocycles. The number of esters is 3. The van der Waals surface area contributed by atoms with Crippen molar-refractivity contribution in [3.8, 4) is 0 Å². The van der Waals surface area contributed by atoms with Gasteiger partial charge in [0, 0.05) is 19.3 Å². The molecule has 0 saturated heterocycles. The zero-order valence-electron chi connectivity index (χ0n) is 51.4. The lowest BCUT2D eigenvalue weighted by Gasteiger charge is -2.18. The average molecular weight is 1090 g/mol. The molecule has 0 spiro atoms. The van der Waals surface area contributed by atoms with Crippen LogP contribution in [0.4, 0.5) is 0 Å². The van der Waals surface area contributed by atoms with Gasteiger partial charge in [-0.1, -0.05) is 285 Å². The number of ether oxygens (including phenoxy) is 3. The van der Waals surface area contributed by atoms with Crippen molar-refractivity contribution in [3.05, 3.63) is 97.2 Å². The van der Waals surface area contributed by atoms with E-state index in [2.05, 4.69) is 118 Å². The highest BCUT2D eigenvalue weighted by Gasteiger charge is 2.19. The van der Waals surface area contributed by atoms with E-state index in [0.717, 1.165) is 116 Å². The van der Waals surface area contributed by atoms with Crippen LogP contribution in [-0.2, 0) is 28.6 Å². The Labute approximate surface area is 483 Å². The van der Waals surface area contributed by atoms with Crippen LogP contribution in [0.5, 0.6) is 0 Å². The van der Waals surface area contributed by atoms with Crippen LogP contribution in [-0.4, -0.2) is 37.2 Å². The molecule has 1 atom stereocenters. The molecule has 0 aliphatic rings. The van der Waals surface area contributed by atoms with Crippen LogP contribution in [0, 0.1) is 0 Å². The molecule has 0 aliphatic heterocycles. The van der Waals surface area contributed by atoms with E-state index in [0.29, 0.717) is 19.3 Å². The number of rotatable bonds is 60. The molecular formula is C72H124O6. The first-order chi connectivity index (χ1) is 38.5. The number of hydrogen-bond acceptors (Lipinski definition) is 6. The molecule has 0 aromatic heterocycles. The molecule has 0 rings (SSSR count). The predicted molar refractivity (Wildman–Crippen MR) is 339 cm³/mol. The molecule has 0 fully saturated rings. The highest BCUT2D eigenvalue weighted by molar-refractivity contribution is 5.71. The molecule has 0 radical (unpaired) electrons. The van der Waals surface area contributed by atoms with Gasteiger partial charge in [-0.05, 0) is 116 Å². The second-order valence-corrected chi connectivity index (χ2v) is 22.0. The normalized spacial score (nSPS) is 12.7. The van der Waals surface area contributed by atoms with E-state index < -0.39 is 6.10 Å². The van der Waals surface area contributed by atoms with Crippen molar-refractivity contribution in [2.45, 2.75) is 329 Å². The summed E-state index contributed by atoms with van der Waals surface area (Å²) in [6, 6.07) is 0. The summed E-state index contributed by atoms with van der Waals surface area (Å²) in [7, 11) is 0. The molecule has 0 aromatic rings. The Morgan fingerprint density at radius 3 is 0.795 bits per heavy atom. The van der Waals surface area contributed by atoms with Crippen LogP contribution in [0.25, 0.3) is 0 Å². The molecule has 0 N–H and O–H groups in total. The Morgan fingerprint density at radius 1 is 0.269 bits per heavy atom. The summed E-state index contributed by atoms with van der Waals surface area (Å²) in [5, 5.41) is 0. The zero-order valence-corrected chi connectivity index (χ0v) is 51.4. The van der Waals surface area contributed by atoms with Crippen molar-refractivity contribution >= 4 is 17.9 Å². The van der Waals surface area contributed by atoms with Crippen molar-refractivity contribution < 1.29 is 28.6 Å². The van der Waals surface area contributed by atoms with Crippen LogP contribution in [0.3, 0.4) is 0 Å². The highest BCUT2D eigenvalue weighted by Crippen LogP contribution is 2.17. The third-order valence-corrected chi connectivity index (χ3v) is 14.3. The van der Waals surface area contributed by atoms with Crippen molar-refractivity contribution in [2.75, 3.05) is 13.2 Å². The fourth-order valence-corrected chi connectivity index (χ4v) is 9.39. The summed E-state index contributed by atoms with van der Waals surface area (Å²) < 4.78 is 16.9. The topological polar surface area (TPSA) is 78.9 Å². The van der Waals surface area contributed by atoms with Gasteiger partial charge in [0.1, 0.15) is 13.2 Å². The number of hydrogen-bond donors (Lipinski definition) is 0. The molecule has 0 bridgehead atoms. The molecule has 0 amide bonds. The molecular weight excluding hydrogens is 961 g/mol. The van der Waals surface area contributed by atoms with Crippen LogP contribution < -0.4 is 0 Å². The third kappa shape index (κ3) is 63.2. The monoisotopic (exact) mass is 1080 g/mol. The van der Waals surface area contributed by atoms with Gasteiger partial charge in [0.25, 0.3) is 0 Å². The highest BCUT2D eigenvalue weighted by atomic mass is 16.6. The third-order valence-electron chi connectivity index (χ3n) is 14.3. The standard InChI is InChI=1S/C72H124O6/c1-4-7-10-13-16-19-22-25-27-29-30-31-32-33-34-35-36-37-38-39-40-41-42-44-45-47-50-53-56-59-62-65-71(74)77-68-69(67-76-70(73)64-61-58-55-52-49-24-21-18-15-12-9-6-3)78-72(75)66-63-60-57-54-51-48-46-43-28-26-23-20-17-14-11-8-5-2/h7-8,10-11,16-21,25-28,30-31,69H,4-6,9,12-15,22-24,29,32-68H2,1-3H3/b10-7-,11-8-,19-16-,20-17-,21-18-,27-25-,28-26-,31-30-. The Morgan fingerprint density at radius 2 is 0.500 bits per heavy atom. The zero-order chi connectivity index (χ0) is 56.4. The quantitative estimate of drug-likeness (QED) is 0.0261. The smallest absolute Gasteiger partial charge is 0.306 e. The summed E-state index contributed by atoms with van der Waals surface area (Å²) in [5.41, 5.74) is 0. The fourth-order valence-electron chi connectivity index (χ4n) is 9.39. The Hall–Kier alpha value is -3.67. The molecule has 6 nitrogen and oxygen atoms in total. The van der Waals surface area contributed by atoms with Crippen molar-refractivity contribution in [3.63, 3.8) is 0 Å². The molecule has 0 heterocycles. The van der Waals surface area contributed by atoms with Crippen LogP contribution in [0.15, 0.2) is 97.2 Å². The van der Waals surface area contributed by atoms with Gasteiger partial charge in [-0.3, -0.25) is 14.4 Å². The molecule has 0 aromatic carbocycles. The minimum absolute atomic E-state index is 0.0813. The summed E-state index contributed by atoms with van der Waals surface area (Å²) in [6.07, 6.45) is 88.6. The Bertz CT molecular complexity index is 1530. The Balaban J connectivity index is 4.18. The van der Waals surface area contributed by atoms with E-state index in [4.69, 9.17) is 14.2 Å². The summed E-state index contributed by atoms with van der Waals surface area (Å²) >= 11 is 0. The second kappa shape index (κ2) is 65.8. The van der Waals surface area contributed by atoms with Crippen LogP contribution in [0.2, 0.25) is 0 Å². The van der Waals surface area contributed by atoms with Crippen molar-refractivity contribution in [1.82, 2.24) is 0 Å². The molecule has 78 heavy (non-hydrogen) atoms. The van der Waals surface area contributed by atoms with E-state index in [1.165, 1.54) is 167 Å². The molecule has 448 valence electrons. The number of carbonyl (C=O) groups excluding carboxylic acids is 3. The summed E-state index contributed by atoms with van der Waals surface area (Å²) in [4.78, 5) is 38.3. The first-order valence-corrected chi connectivity index (χ1v) is 33.2. The van der Waals surface area contributed by atoms with Crippen molar-refractivity contribution in [1.29, 1.82) is 0 Å². The van der Waals surface area contributed by atoms with Gasteiger partial charge >= 0.3 is 17.9 Å². The lowest BCUT2D eigenvalue weighted by molar-refractivity contribution is -0.167. The van der Waals surface area contributed by atoms with Gasteiger partial charge in [-0.25, -0.2) is 0 Å². The van der Waals surface area contributed by atoms with Crippen molar-refractivity contribution in [2.24, 2.45) is 0 Å². The van der Waals surface area contributed by atoms with Gasteiger partial charge in [0.05, 0.1) is 0 Å². The van der Waals surface area contributed by atoms with E-state index in [1.807, 2.05) is 0 Å². The summed E-state index contributed by atoms with van der Waals surface area (Å²) in [6.45, 7) is 6.41. The summed E-state index contributed by atoms with van der Waals surface area (Å²) in [5.74, 6) is -0.889. The van der Waals surface area contributed by atoms with E-state index in [-0.39, 0.29) is 31.1 Å². The fraction of sp³-hybridized carbons (Fsp3) is 0.736. The molecule has 6 heteroatoms. The van der Waals surface area contributed by atoms with Gasteiger partial charge in [0.15, 0.2) is 6.10 Å². The van der Waals surface area contributed by atoms with Gasteiger partial charge in [-0.15, -0.1) is 0 Å². The van der Waals surface area contributed by atoms with Gasteiger partial charge in [0.2, 0.25) is 0 Å². The molecule has 1 unspecified atom stereocenters. The number of allylic oxidation sites excluding steroid dienone is 16. The van der Waals surface area contributed by atoms with Crippen LogP contribution in [0.1, 0.15) is 323 Å². The van der Waals surface area contributed by atoms with Gasteiger partial charge in [-0.2, -0.15) is 0 Å². The van der Waals surface area contributed by atoms with E-state index in [1.54, 1.807) is 0 Å². The lowest BCUT2D eigenvalue weighted by Crippen LogP contribution is -2.30. The van der Waals surface area contributed by atoms with Gasteiger partial charge < -0.3 is 14.2 Å². The Kier molecular flexibility index (Phi) is 62.7. The predicted octanol–water partition coefficient (Wildman–Crippen LogP) is 22.8. The minimum atomic E-state index is -0.785. The first-order valence-electron chi connectivity index (χ1n) is 33.2. The lowest BCUT2D eigenvalue weighted by atomic mass is 10.0. The number of unbranched alkanes of at least 4 members (excludes halogenated alkanes) is 33. The second-order valence-electron chi connectivity index (χ2n) is 22.0. The van der Waals surface area contributed by atoms with E-state index in [9.17, 15) is 14.4 Å². The SMILES string of the molecule is CC/C=C\C/C=C\C/C=C\C/C=C\CCCCCCCCCCCCCCCCCCCCC(=O)OCC(COC(=O)CCCCCCC/C=C\CCCCC)OC(=O)CCCCCCCCC/C=C\C/C=C\C/C=C\CC. The molecule has 0 saturated carbocycles. The largest absolute Gasteiger partial charge is 0.462 e. The maximum absolute atomic E-state index is 12.9. The number of carbonyl (C=O) groups is 3. The maximum atomic E-state index is 12.9. The average Bonchev–Trinajstić information content (AvgIpc) is 3.44. The maximum Gasteiger partial charge on any atom is 0.306 e. The first kappa shape index (κ1) is 74.3. The van der Waals surface area contributed by atoms with E-state index >= 15 is 0 Å². The van der Waals surface area contributed by atoms with Crippen LogP contribution >= 0.6 is 0 Å². The minimum Gasteiger partial charge on any atom is -0.462 e.